The standard InChI is InChI=1S/C27H32N2O4S/c1-20-18-24(16-17-26(20)33-3)34(31,32)29-25(19-23-12-8-5-9-13-23)27(30)28-21(2)14-15-22-10-6-4-7-11-22/h4-13,16-18,21,25,29H,14-15,19H2,1-3H3,(H,28,30)/t21-,25-/m0/s1. The molecule has 1 amide bonds. The summed E-state index contributed by atoms with van der Waals surface area (Å²) in [5.41, 5.74) is 2.76. The van der Waals surface area contributed by atoms with Gasteiger partial charge < -0.3 is 10.1 Å². The van der Waals surface area contributed by atoms with Crippen LogP contribution < -0.4 is 14.8 Å². The molecule has 2 atom stereocenters. The van der Waals surface area contributed by atoms with Gasteiger partial charge in [0.1, 0.15) is 11.8 Å². The summed E-state index contributed by atoms with van der Waals surface area (Å²) in [6.07, 6.45) is 1.81. The monoisotopic (exact) mass is 480 g/mol. The molecule has 0 saturated carbocycles. The second-order valence-electron chi connectivity index (χ2n) is 8.43. The highest BCUT2D eigenvalue weighted by molar-refractivity contribution is 7.89. The van der Waals surface area contributed by atoms with Gasteiger partial charge in [-0.1, -0.05) is 60.7 Å². The number of amides is 1. The zero-order valence-electron chi connectivity index (χ0n) is 19.8. The van der Waals surface area contributed by atoms with Crippen LogP contribution in [0, 0.1) is 6.92 Å². The number of hydrogen-bond donors (Lipinski definition) is 2. The molecule has 3 rings (SSSR count). The number of benzene rings is 3. The molecule has 0 fully saturated rings. The Morgan fingerprint density at radius 2 is 1.56 bits per heavy atom. The molecule has 3 aromatic rings. The van der Waals surface area contributed by atoms with Gasteiger partial charge in [0.25, 0.3) is 0 Å². The molecule has 180 valence electrons. The minimum Gasteiger partial charge on any atom is -0.496 e. The molecule has 0 aliphatic carbocycles. The van der Waals surface area contributed by atoms with Gasteiger partial charge in [-0.15, -0.1) is 0 Å². The number of rotatable bonds is 11. The normalized spacial score (nSPS) is 13.1. The van der Waals surface area contributed by atoms with Gasteiger partial charge in [0.15, 0.2) is 0 Å². The summed E-state index contributed by atoms with van der Waals surface area (Å²) in [6.45, 7) is 3.71. The van der Waals surface area contributed by atoms with Crippen molar-refractivity contribution in [3.8, 4) is 5.75 Å². The van der Waals surface area contributed by atoms with Crippen molar-refractivity contribution in [3.63, 3.8) is 0 Å². The Kier molecular flexibility index (Phi) is 8.85. The van der Waals surface area contributed by atoms with E-state index in [0.29, 0.717) is 11.3 Å². The average molecular weight is 481 g/mol. The SMILES string of the molecule is COc1ccc(S(=O)(=O)N[C@@H](Cc2ccccc2)C(=O)N[C@@H](C)CCc2ccccc2)cc1C. The zero-order chi connectivity index (χ0) is 24.6. The maximum Gasteiger partial charge on any atom is 0.241 e. The quantitative estimate of drug-likeness (QED) is 0.434. The van der Waals surface area contributed by atoms with E-state index >= 15 is 0 Å². The van der Waals surface area contributed by atoms with Crippen LogP contribution in [0.4, 0.5) is 0 Å². The van der Waals surface area contributed by atoms with E-state index in [2.05, 4.69) is 22.2 Å². The van der Waals surface area contributed by atoms with Crippen molar-refractivity contribution in [2.24, 2.45) is 0 Å². The summed E-state index contributed by atoms with van der Waals surface area (Å²) in [4.78, 5) is 13.3. The van der Waals surface area contributed by atoms with E-state index in [1.807, 2.05) is 55.5 Å². The number of methoxy groups -OCH3 is 1. The number of nitrogens with one attached hydrogen (secondary N) is 2. The molecule has 6 nitrogen and oxygen atoms in total. The van der Waals surface area contributed by atoms with Crippen molar-refractivity contribution in [2.75, 3.05) is 7.11 Å². The van der Waals surface area contributed by atoms with E-state index in [1.54, 1.807) is 19.1 Å². The van der Waals surface area contributed by atoms with Gasteiger partial charge in [0, 0.05) is 6.04 Å². The van der Waals surface area contributed by atoms with Crippen molar-refractivity contribution >= 4 is 15.9 Å². The fourth-order valence-electron chi connectivity index (χ4n) is 3.75. The zero-order valence-corrected chi connectivity index (χ0v) is 20.6. The summed E-state index contributed by atoms with van der Waals surface area (Å²) in [6, 6.07) is 23.0. The molecular weight excluding hydrogens is 448 g/mol. The molecule has 0 spiro atoms. The van der Waals surface area contributed by atoms with E-state index in [1.165, 1.54) is 18.7 Å². The van der Waals surface area contributed by atoms with Gasteiger partial charge in [-0.3, -0.25) is 4.79 Å². The van der Waals surface area contributed by atoms with E-state index in [9.17, 15) is 13.2 Å². The summed E-state index contributed by atoms with van der Waals surface area (Å²) in [7, 11) is -2.39. The molecule has 0 radical (unpaired) electrons. The van der Waals surface area contributed by atoms with Gasteiger partial charge in [0.2, 0.25) is 15.9 Å². The van der Waals surface area contributed by atoms with Gasteiger partial charge in [0.05, 0.1) is 12.0 Å². The van der Waals surface area contributed by atoms with Crippen LogP contribution in [0.5, 0.6) is 5.75 Å². The molecule has 0 aliphatic rings. The average Bonchev–Trinajstić information content (AvgIpc) is 2.83. The van der Waals surface area contributed by atoms with Crippen LogP contribution in [0.1, 0.15) is 30.0 Å². The van der Waals surface area contributed by atoms with Gasteiger partial charge in [-0.25, -0.2) is 8.42 Å². The molecule has 0 bridgehead atoms. The smallest absolute Gasteiger partial charge is 0.241 e. The maximum absolute atomic E-state index is 13.2. The molecule has 34 heavy (non-hydrogen) atoms. The molecule has 0 unspecified atom stereocenters. The Labute approximate surface area is 202 Å². The lowest BCUT2D eigenvalue weighted by molar-refractivity contribution is -0.123. The molecule has 3 aromatic carbocycles. The number of ether oxygens (including phenoxy) is 1. The second-order valence-corrected chi connectivity index (χ2v) is 10.1. The highest BCUT2D eigenvalue weighted by Crippen LogP contribution is 2.21. The van der Waals surface area contributed by atoms with Crippen molar-refractivity contribution in [3.05, 3.63) is 95.6 Å². The van der Waals surface area contributed by atoms with Crippen LogP contribution in [0.15, 0.2) is 83.8 Å². The maximum atomic E-state index is 13.2. The lowest BCUT2D eigenvalue weighted by Crippen LogP contribution is -2.50. The van der Waals surface area contributed by atoms with Crippen LogP contribution >= 0.6 is 0 Å². The van der Waals surface area contributed by atoms with E-state index in [-0.39, 0.29) is 23.3 Å². The third-order valence-electron chi connectivity index (χ3n) is 5.67. The highest BCUT2D eigenvalue weighted by atomic mass is 32.2. The lowest BCUT2D eigenvalue weighted by atomic mass is 10.0. The molecule has 0 aromatic heterocycles. The third kappa shape index (κ3) is 7.17. The number of carbonyl (C=O) groups is 1. The van der Waals surface area contributed by atoms with Crippen LogP contribution in [-0.2, 0) is 27.7 Å². The summed E-state index contributed by atoms with van der Waals surface area (Å²) < 4.78 is 34.2. The topological polar surface area (TPSA) is 84.5 Å². The molecule has 0 aliphatic heterocycles. The Balaban J connectivity index is 1.74. The van der Waals surface area contributed by atoms with Crippen molar-refractivity contribution in [1.82, 2.24) is 10.0 Å². The Morgan fingerprint density at radius 1 is 0.941 bits per heavy atom. The van der Waals surface area contributed by atoms with Crippen molar-refractivity contribution in [2.45, 2.75) is 50.1 Å². The van der Waals surface area contributed by atoms with Crippen LogP contribution in [-0.4, -0.2) is 33.5 Å². The third-order valence-corrected chi connectivity index (χ3v) is 7.14. The van der Waals surface area contributed by atoms with Crippen LogP contribution in [0.2, 0.25) is 0 Å². The van der Waals surface area contributed by atoms with E-state index < -0.39 is 16.1 Å². The number of hydrogen-bond acceptors (Lipinski definition) is 4. The minimum atomic E-state index is -3.93. The second kappa shape index (κ2) is 11.8. The van der Waals surface area contributed by atoms with Crippen molar-refractivity contribution < 1.29 is 17.9 Å². The largest absolute Gasteiger partial charge is 0.496 e. The van der Waals surface area contributed by atoms with Crippen LogP contribution in [0.3, 0.4) is 0 Å². The number of carbonyl (C=O) groups excluding carboxylic acids is 1. The Bertz CT molecular complexity index is 1180. The number of sulfonamides is 1. The first kappa shape index (κ1) is 25.5. The Morgan fingerprint density at radius 3 is 2.15 bits per heavy atom. The van der Waals surface area contributed by atoms with Gasteiger partial charge in [-0.2, -0.15) is 4.72 Å². The fraction of sp³-hybridized carbons (Fsp3) is 0.296. The predicted molar refractivity (Wildman–Crippen MR) is 134 cm³/mol. The van der Waals surface area contributed by atoms with E-state index in [4.69, 9.17) is 4.74 Å². The first-order valence-electron chi connectivity index (χ1n) is 11.3. The predicted octanol–water partition coefficient (Wildman–Crippen LogP) is 4.03. The first-order valence-corrected chi connectivity index (χ1v) is 12.8. The van der Waals surface area contributed by atoms with E-state index in [0.717, 1.165) is 18.4 Å². The molecule has 0 heterocycles. The molecular formula is C27H32N2O4S. The lowest BCUT2D eigenvalue weighted by Gasteiger charge is -2.22. The summed E-state index contributed by atoms with van der Waals surface area (Å²) >= 11 is 0. The minimum absolute atomic E-state index is 0.0915. The summed E-state index contributed by atoms with van der Waals surface area (Å²) in [5, 5.41) is 2.99. The highest BCUT2D eigenvalue weighted by Gasteiger charge is 2.27. The molecule has 7 heteroatoms. The number of aryl methyl sites for hydroxylation is 2. The van der Waals surface area contributed by atoms with Gasteiger partial charge >= 0.3 is 0 Å². The van der Waals surface area contributed by atoms with Crippen molar-refractivity contribution in [1.29, 1.82) is 0 Å². The first-order chi connectivity index (χ1) is 16.3. The summed E-state index contributed by atoms with van der Waals surface area (Å²) in [5.74, 6) is 0.253. The molecule has 0 saturated heterocycles. The molecule has 2 N–H and O–H groups in total. The Hall–Kier alpha value is -3.16. The fourth-order valence-corrected chi connectivity index (χ4v) is 5.03. The van der Waals surface area contributed by atoms with Gasteiger partial charge in [-0.05, 0) is 68.0 Å². The van der Waals surface area contributed by atoms with Crippen LogP contribution in [0.25, 0.3) is 0 Å².